The third kappa shape index (κ3) is 6.50. The molecule has 1 aromatic carbocycles. The van der Waals surface area contributed by atoms with Gasteiger partial charge in [0.2, 0.25) is 0 Å². The molecule has 0 aliphatic rings. The minimum absolute atomic E-state index is 0.197. The van der Waals surface area contributed by atoms with Gasteiger partial charge in [-0.05, 0) is 30.5 Å². The summed E-state index contributed by atoms with van der Waals surface area (Å²) in [5.41, 5.74) is 1.71. The molecule has 0 radical (unpaired) electrons. The first-order valence-electron chi connectivity index (χ1n) is 6.82. The van der Waals surface area contributed by atoms with Crippen molar-refractivity contribution >= 4 is 0 Å². The Hall–Kier alpha value is -1.19. The van der Waals surface area contributed by atoms with E-state index in [4.69, 9.17) is 4.74 Å². The molecule has 106 valence electrons. The van der Waals surface area contributed by atoms with Crippen LogP contribution in [-0.4, -0.2) is 12.6 Å². The summed E-state index contributed by atoms with van der Waals surface area (Å²) in [7, 11) is 0. The maximum absolute atomic E-state index is 13.6. The van der Waals surface area contributed by atoms with Crippen molar-refractivity contribution in [3.05, 3.63) is 47.8 Å². The summed E-state index contributed by atoms with van der Waals surface area (Å²) in [6.45, 7) is 9.56. The minimum Gasteiger partial charge on any atom is -0.377 e. The Morgan fingerprint density at radius 1 is 1.42 bits per heavy atom. The third-order valence-electron chi connectivity index (χ3n) is 2.78. The Labute approximate surface area is 115 Å². The van der Waals surface area contributed by atoms with E-state index in [1.54, 1.807) is 0 Å². The molecular formula is C16H24FNO. The predicted molar refractivity (Wildman–Crippen MR) is 77.5 cm³/mol. The van der Waals surface area contributed by atoms with Gasteiger partial charge in [-0.1, -0.05) is 26.0 Å². The van der Waals surface area contributed by atoms with Gasteiger partial charge in [-0.25, -0.2) is 4.39 Å². The van der Waals surface area contributed by atoms with Crippen molar-refractivity contribution < 1.29 is 9.13 Å². The fourth-order valence-electron chi connectivity index (χ4n) is 1.68. The van der Waals surface area contributed by atoms with Crippen LogP contribution in [-0.2, 0) is 17.9 Å². The normalized spacial score (nSPS) is 10.9. The Morgan fingerprint density at radius 3 is 2.89 bits per heavy atom. The zero-order chi connectivity index (χ0) is 14.1. The Balaban J connectivity index is 2.46. The first-order chi connectivity index (χ1) is 9.13. The zero-order valence-electron chi connectivity index (χ0n) is 11.9. The Morgan fingerprint density at radius 2 is 2.21 bits per heavy atom. The number of nitrogens with one attached hydrogen (secondary N) is 1. The fourth-order valence-corrected chi connectivity index (χ4v) is 1.68. The van der Waals surface area contributed by atoms with E-state index in [1.165, 1.54) is 6.07 Å². The maximum atomic E-state index is 13.6. The lowest BCUT2D eigenvalue weighted by Gasteiger charge is -2.10. The molecule has 0 unspecified atom stereocenters. The van der Waals surface area contributed by atoms with E-state index in [1.807, 2.05) is 18.2 Å². The molecule has 1 aromatic rings. The van der Waals surface area contributed by atoms with Gasteiger partial charge in [0.15, 0.2) is 0 Å². The molecule has 0 atom stereocenters. The lowest BCUT2D eigenvalue weighted by molar-refractivity contribution is 0.116. The van der Waals surface area contributed by atoms with Gasteiger partial charge in [-0.2, -0.15) is 0 Å². The fraction of sp³-hybridized carbons (Fsp3) is 0.500. The van der Waals surface area contributed by atoms with Crippen LogP contribution < -0.4 is 5.32 Å². The van der Waals surface area contributed by atoms with Crippen LogP contribution in [0.3, 0.4) is 0 Å². The van der Waals surface area contributed by atoms with E-state index in [9.17, 15) is 4.39 Å². The molecule has 0 saturated heterocycles. The molecule has 0 fully saturated rings. The summed E-state index contributed by atoms with van der Waals surface area (Å²) >= 11 is 0. The van der Waals surface area contributed by atoms with E-state index in [2.05, 4.69) is 25.7 Å². The van der Waals surface area contributed by atoms with Crippen molar-refractivity contribution in [3.8, 4) is 0 Å². The highest BCUT2D eigenvalue weighted by Gasteiger charge is 2.04. The smallest absolute Gasteiger partial charge is 0.128 e. The quantitative estimate of drug-likeness (QED) is 0.541. The number of hydrogen-bond donors (Lipinski definition) is 1. The van der Waals surface area contributed by atoms with Gasteiger partial charge in [0, 0.05) is 24.8 Å². The molecule has 0 aliphatic carbocycles. The van der Waals surface area contributed by atoms with Crippen LogP contribution in [0.25, 0.3) is 0 Å². The molecule has 0 saturated carbocycles. The van der Waals surface area contributed by atoms with Crippen molar-refractivity contribution in [3.63, 3.8) is 0 Å². The molecule has 3 heteroatoms. The number of allylic oxidation sites excluding steroid dienone is 1. The predicted octanol–water partition coefficient (Wildman–Crippen LogP) is 3.81. The van der Waals surface area contributed by atoms with Crippen LogP contribution in [0.2, 0.25) is 0 Å². The number of unbranched alkanes of at least 4 members (excludes halogenated alkanes) is 1. The average Bonchev–Trinajstić information content (AvgIpc) is 2.39. The summed E-state index contributed by atoms with van der Waals surface area (Å²) in [6, 6.07) is 5.62. The van der Waals surface area contributed by atoms with E-state index in [0.29, 0.717) is 24.8 Å². The van der Waals surface area contributed by atoms with Crippen LogP contribution in [0.1, 0.15) is 37.8 Å². The van der Waals surface area contributed by atoms with Crippen LogP contribution >= 0.6 is 0 Å². The zero-order valence-corrected chi connectivity index (χ0v) is 11.9. The number of rotatable bonds is 9. The molecule has 0 aliphatic heterocycles. The highest BCUT2D eigenvalue weighted by molar-refractivity contribution is 5.24. The summed E-state index contributed by atoms with van der Waals surface area (Å²) in [4.78, 5) is 0. The topological polar surface area (TPSA) is 21.3 Å². The van der Waals surface area contributed by atoms with Gasteiger partial charge in [-0.15, -0.1) is 6.58 Å². The lowest BCUT2D eigenvalue weighted by Crippen LogP contribution is -2.21. The highest BCUT2D eigenvalue weighted by Crippen LogP contribution is 2.12. The maximum Gasteiger partial charge on any atom is 0.128 e. The van der Waals surface area contributed by atoms with E-state index >= 15 is 0 Å². The molecule has 1 N–H and O–H groups in total. The van der Waals surface area contributed by atoms with Crippen LogP contribution in [0.5, 0.6) is 0 Å². The van der Waals surface area contributed by atoms with Crippen molar-refractivity contribution in [1.82, 2.24) is 5.32 Å². The number of ether oxygens (including phenoxy) is 1. The van der Waals surface area contributed by atoms with Crippen LogP contribution in [0, 0.1) is 5.82 Å². The second-order valence-corrected chi connectivity index (χ2v) is 4.94. The second-order valence-electron chi connectivity index (χ2n) is 4.94. The summed E-state index contributed by atoms with van der Waals surface area (Å²) in [6.07, 6.45) is 3.72. The van der Waals surface area contributed by atoms with Gasteiger partial charge in [0.05, 0.1) is 6.61 Å². The van der Waals surface area contributed by atoms with Crippen molar-refractivity contribution in [2.24, 2.45) is 0 Å². The second kappa shape index (κ2) is 8.83. The van der Waals surface area contributed by atoms with Gasteiger partial charge in [0.25, 0.3) is 0 Å². The first kappa shape index (κ1) is 15.9. The molecular weight excluding hydrogens is 241 g/mol. The summed E-state index contributed by atoms with van der Waals surface area (Å²) < 4.78 is 19.1. The molecule has 0 bridgehead atoms. The summed E-state index contributed by atoms with van der Waals surface area (Å²) in [5, 5.41) is 3.32. The molecule has 19 heavy (non-hydrogen) atoms. The van der Waals surface area contributed by atoms with E-state index < -0.39 is 0 Å². The first-order valence-corrected chi connectivity index (χ1v) is 6.82. The van der Waals surface area contributed by atoms with Crippen LogP contribution in [0.15, 0.2) is 30.9 Å². The molecule has 1 rings (SSSR count). The monoisotopic (exact) mass is 265 g/mol. The van der Waals surface area contributed by atoms with Crippen molar-refractivity contribution in [2.45, 2.75) is 45.9 Å². The molecule has 0 spiro atoms. The van der Waals surface area contributed by atoms with E-state index in [-0.39, 0.29) is 5.82 Å². The van der Waals surface area contributed by atoms with Gasteiger partial charge in [-0.3, -0.25) is 0 Å². The standard InChI is InChI=1S/C16H24FNO/c1-4-5-6-9-19-12-15-10-14(7-8-16(15)17)11-18-13(2)3/h4,7-8,10,13,18H,1,5-6,9,11-12H2,2-3H3. The average molecular weight is 265 g/mol. The van der Waals surface area contributed by atoms with Crippen molar-refractivity contribution in [1.29, 1.82) is 0 Å². The molecule has 0 amide bonds. The van der Waals surface area contributed by atoms with E-state index in [0.717, 1.165) is 24.9 Å². The number of benzene rings is 1. The SMILES string of the molecule is C=CCCCOCc1cc(CNC(C)C)ccc1F. The number of hydrogen-bond acceptors (Lipinski definition) is 2. The Bertz CT molecular complexity index is 390. The van der Waals surface area contributed by atoms with Gasteiger partial charge in [0.1, 0.15) is 5.82 Å². The van der Waals surface area contributed by atoms with Crippen LogP contribution in [0.4, 0.5) is 4.39 Å². The minimum atomic E-state index is -0.197. The third-order valence-corrected chi connectivity index (χ3v) is 2.78. The van der Waals surface area contributed by atoms with Gasteiger partial charge >= 0.3 is 0 Å². The largest absolute Gasteiger partial charge is 0.377 e. The highest BCUT2D eigenvalue weighted by atomic mass is 19.1. The molecule has 0 heterocycles. The number of halogens is 1. The molecule has 0 aromatic heterocycles. The molecule has 2 nitrogen and oxygen atoms in total. The lowest BCUT2D eigenvalue weighted by atomic mass is 10.1. The summed E-state index contributed by atoms with van der Waals surface area (Å²) in [5.74, 6) is -0.197. The van der Waals surface area contributed by atoms with Crippen molar-refractivity contribution in [2.75, 3.05) is 6.61 Å². The van der Waals surface area contributed by atoms with Gasteiger partial charge < -0.3 is 10.1 Å². The Kier molecular flexibility index (Phi) is 7.38.